The molecule has 0 spiro atoms. The Morgan fingerprint density at radius 2 is 1.48 bits per heavy atom. The van der Waals surface area contributed by atoms with Crippen LogP contribution in [0.3, 0.4) is 0 Å². The van der Waals surface area contributed by atoms with Gasteiger partial charge < -0.3 is 0 Å². The molecule has 1 fully saturated rings. The van der Waals surface area contributed by atoms with Gasteiger partial charge in [0, 0.05) is 13.1 Å². The van der Waals surface area contributed by atoms with Gasteiger partial charge in [-0.2, -0.15) is 0 Å². The van der Waals surface area contributed by atoms with E-state index in [1.807, 2.05) is 47.0 Å². The fourth-order valence-electron chi connectivity index (χ4n) is 4.41. The largest absolute Gasteiger partial charge is 0.299 e. The third kappa shape index (κ3) is 3.67. The normalized spacial score (nSPS) is 15.0. The van der Waals surface area contributed by atoms with Crippen LogP contribution >= 0.6 is 11.8 Å². The summed E-state index contributed by atoms with van der Waals surface area (Å²) < 4.78 is 3.49. The van der Waals surface area contributed by atoms with E-state index in [1.54, 1.807) is 17.7 Å². The lowest BCUT2D eigenvalue weighted by Gasteiger charge is -2.26. The van der Waals surface area contributed by atoms with Crippen molar-refractivity contribution >= 4 is 33.6 Å². The van der Waals surface area contributed by atoms with Crippen LogP contribution in [0.25, 0.3) is 21.8 Å². The number of hydrogen-bond donors (Lipinski definition) is 0. The molecule has 5 rings (SSSR count). The number of thioether (sulfide) groups is 1. The first kappa shape index (κ1) is 20.0. The van der Waals surface area contributed by atoms with E-state index in [2.05, 4.69) is 0 Å². The van der Waals surface area contributed by atoms with Crippen LogP contribution in [0, 0.1) is 0 Å². The summed E-state index contributed by atoms with van der Waals surface area (Å²) >= 11 is 1.48. The zero-order chi connectivity index (χ0) is 21.4. The summed E-state index contributed by atoms with van der Waals surface area (Å²) in [6, 6.07) is 15.1. The number of benzene rings is 2. The van der Waals surface area contributed by atoms with E-state index in [-0.39, 0.29) is 17.2 Å². The van der Waals surface area contributed by atoms with Crippen LogP contribution in [0.5, 0.6) is 0 Å². The quantitative estimate of drug-likeness (QED) is 0.352. The number of para-hydroxylation sites is 2. The Bertz CT molecular complexity index is 1390. The first-order chi connectivity index (χ1) is 15.1. The highest BCUT2D eigenvalue weighted by atomic mass is 32.2. The highest BCUT2D eigenvalue weighted by Gasteiger charge is 2.22. The second-order valence-electron chi connectivity index (χ2n) is 8.08. The second-order valence-corrected chi connectivity index (χ2v) is 9.02. The number of hydrogen-bond acceptors (Lipinski definition) is 5. The maximum Gasteiger partial charge on any atom is 0.262 e. The van der Waals surface area contributed by atoms with Crippen molar-refractivity contribution in [2.24, 2.45) is 7.05 Å². The van der Waals surface area contributed by atoms with E-state index in [0.717, 1.165) is 25.7 Å². The van der Waals surface area contributed by atoms with Gasteiger partial charge in [-0.15, -0.1) is 0 Å². The minimum Gasteiger partial charge on any atom is -0.299 e. The lowest BCUT2D eigenvalue weighted by molar-refractivity contribution is 0.326. The Kier molecular flexibility index (Phi) is 5.36. The average molecular weight is 433 g/mol. The number of rotatable bonds is 4. The van der Waals surface area contributed by atoms with Crippen LogP contribution in [0.1, 0.15) is 44.0 Å². The smallest absolute Gasteiger partial charge is 0.262 e. The maximum atomic E-state index is 13.4. The fourth-order valence-corrected chi connectivity index (χ4v) is 5.46. The molecule has 158 valence electrons. The summed E-state index contributed by atoms with van der Waals surface area (Å²) in [6.45, 7) is 0. The van der Waals surface area contributed by atoms with Crippen LogP contribution in [-0.4, -0.2) is 19.1 Å². The van der Waals surface area contributed by atoms with Crippen molar-refractivity contribution in [3.05, 3.63) is 75.1 Å². The van der Waals surface area contributed by atoms with Gasteiger partial charge in [0.05, 0.1) is 27.6 Å². The van der Waals surface area contributed by atoms with Crippen molar-refractivity contribution < 1.29 is 0 Å². The minimum atomic E-state index is -0.0580. The molecular weight excluding hydrogens is 408 g/mol. The van der Waals surface area contributed by atoms with E-state index in [9.17, 15) is 9.59 Å². The molecule has 1 aliphatic carbocycles. The van der Waals surface area contributed by atoms with Crippen molar-refractivity contribution in [1.29, 1.82) is 0 Å². The average Bonchev–Trinajstić information content (AvgIpc) is 2.81. The monoisotopic (exact) mass is 432 g/mol. The van der Waals surface area contributed by atoms with E-state index in [4.69, 9.17) is 9.97 Å². The highest BCUT2D eigenvalue weighted by molar-refractivity contribution is 7.98. The standard InChI is InChI=1S/C24H24N4O2S/c1-27-21(25-19-13-7-5-11-17(19)22(27)29)15-31-24-26-20-14-8-6-12-18(20)23(30)28(24)16-9-3-2-4-10-16/h5-8,11-14,16H,2-4,9-10,15H2,1H3. The topological polar surface area (TPSA) is 69.8 Å². The number of aromatic nitrogens is 4. The summed E-state index contributed by atoms with van der Waals surface area (Å²) in [5, 5.41) is 1.98. The lowest BCUT2D eigenvalue weighted by atomic mass is 9.95. The van der Waals surface area contributed by atoms with Crippen LogP contribution in [0.2, 0.25) is 0 Å². The molecule has 0 saturated heterocycles. The molecule has 0 unspecified atom stereocenters. The maximum absolute atomic E-state index is 13.4. The van der Waals surface area contributed by atoms with Gasteiger partial charge in [0.2, 0.25) is 0 Å². The lowest BCUT2D eigenvalue weighted by Crippen LogP contribution is -2.29. The third-order valence-corrected chi connectivity index (χ3v) is 7.07. The number of nitrogens with zero attached hydrogens (tertiary/aromatic N) is 4. The molecule has 2 aromatic heterocycles. The van der Waals surface area contributed by atoms with Crippen molar-refractivity contribution in [2.75, 3.05) is 0 Å². The molecule has 0 radical (unpaired) electrons. The SMILES string of the molecule is Cn1c(CSc2nc3ccccc3c(=O)n2C2CCCCC2)nc2ccccc2c1=O. The van der Waals surface area contributed by atoms with Gasteiger partial charge in [-0.1, -0.05) is 55.3 Å². The van der Waals surface area contributed by atoms with Crippen LogP contribution in [-0.2, 0) is 12.8 Å². The molecule has 0 aliphatic heterocycles. The van der Waals surface area contributed by atoms with Crippen molar-refractivity contribution in [3.63, 3.8) is 0 Å². The molecule has 2 heterocycles. The van der Waals surface area contributed by atoms with Gasteiger partial charge in [0.15, 0.2) is 5.16 Å². The molecule has 4 aromatic rings. The summed E-state index contributed by atoms with van der Waals surface area (Å²) in [5.74, 6) is 1.14. The molecule has 1 saturated carbocycles. The van der Waals surface area contributed by atoms with Gasteiger partial charge in [-0.05, 0) is 37.1 Å². The molecule has 31 heavy (non-hydrogen) atoms. The van der Waals surface area contributed by atoms with E-state index >= 15 is 0 Å². The molecule has 2 aromatic carbocycles. The van der Waals surface area contributed by atoms with Gasteiger partial charge in [0.1, 0.15) is 5.82 Å². The first-order valence-electron chi connectivity index (χ1n) is 10.7. The highest BCUT2D eigenvalue weighted by Crippen LogP contribution is 2.31. The van der Waals surface area contributed by atoms with E-state index < -0.39 is 0 Å². The third-order valence-electron chi connectivity index (χ3n) is 6.12. The molecular formula is C24H24N4O2S. The predicted octanol–water partition coefficient (Wildman–Crippen LogP) is 4.44. The van der Waals surface area contributed by atoms with Crippen molar-refractivity contribution in [1.82, 2.24) is 19.1 Å². The molecule has 6 nitrogen and oxygen atoms in total. The molecule has 0 bridgehead atoms. The van der Waals surface area contributed by atoms with Gasteiger partial charge in [0.25, 0.3) is 11.1 Å². The second kappa shape index (κ2) is 8.30. The van der Waals surface area contributed by atoms with E-state index in [1.165, 1.54) is 18.2 Å². The summed E-state index contributed by atoms with van der Waals surface area (Å²) in [6.07, 6.45) is 5.49. The molecule has 7 heteroatoms. The van der Waals surface area contributed by atoms with Gasteiger partial charge >= 0.3 is 0 Å². The Hall–Kier alpha value is -2.93. The zero-order valence-corrected chi connectivity index (χ0v) is 18.3. The zero-order valence-electron chi connectivity index (χ0n) is 17.5. The summed E-state index contributed by atoms with van der Waals surface area (Å²) in [5.41, 5.74) is 1.37. The molecule has 0 atom stereocenters. The Morgan fingerprint density at radius 1 is 0.871 bits per heavy atom. The van der Waals surface area contributed by atoms with Crippen LogP contribution in [0.15, 0.2) is 63.3 Å². The Labute approximate surface area is 184 Å². The van der Waals surface area contributed by atoms with Crippen LogP contribution < -0.4 is 11.1 Å². The first-order valence-corrected chi connectivity index (χ1v) is 11.7. The number of fused-ring (bicyclic) bond motifs is 2. The van der Waals surface area contributed by atoms with Crippen LogP contribution in [0.4, 0.5) is 0 Å². The van der Waals surface area contributed by atoms with Crippen molar-refractivity contribution in [3.8, 4) is 0 Å². The minimum absolute atomic E-state index is 0.0281. The van der Waals surface area contributed by atoms with Gasteiger partial charge in [-0.25, -0.2) is 9.97 Å². The molecule has 0 N–H and O–H groups in total. The summed E-state index contributed by atoms with van der Waals surface area (Å²) in [4.78, 5) is 35.7. The molecule has 0 amide bonds. The Morgan fingerprint density at radius 3 is 2.19 bits per heavy atom. The Balaban J connectivity index is 1.57. The van der Waals surface area contributed by atoms with E-state index in [0.29, 0.717) is 38.5 Å². The van der Waals surface area contributed by atoms with Crippen molar-refractivity contribution in [2.45, 2.75) is 49.1 Å². The summed E-state index contributed by atoms with van der Waals surface area (Å²) in [7, 11) is 1.75. The fraction of sp³-hybridized carbons (Fsp3) is 0.333. The molecule has 1 aliphatic rings. The van der Waals surface area contributed by atoms with Gasteiger partial charge in [-0.3, -0.25) is 18.7 Å². The predicted molar refractivity (Wildman–Crippen MR) is 125 cm³/mol.